The average molecular weight is 128 g/mol. The van der Waals surface area contributed by atoms with Crippen molar-refractivity contribution in [1.82, 2.24) is 9.97 Å². The Balaban J connectivity index is 0.000000222. The maximum atomic E-state index is 3.72. The van der Waals surface area contributed by atoms with Gasteiger partial charge in [-0.1, -0.05) is 0 Å². The van der Waals surface area contributed by atoms with E-state index in [0.29, 0.717) is 0 Å². The monoisotopic (exact) mass is 128 g/mol. The molecule has 0 N–H and O–H groups in total. The van der Waals surface area contributed by atoms with Crippen LogP contribution in [0.3, 0.4) is 0 Å². The van der Waals surface area contributed by atoms with E-state index in [4.69, 9.17) is 0 Å². The second-order valence-corrected chi connectivity index (χ2v) is 0.894. The molecule has 0 spiro atoms. The highest BCUT2D eigenvalue weighted by atomic mass is 32.1. The number of hydrogen-bond donors (Lipinski definition) is 1. The van der Waals surface area contributed by atoms with E-state index in [9.17, 15) is 0 Å². The number of rotatable bonds is 0. The van der Waals surface area contributed by atoms with Crippen LogP contribution in [0.25, 0.3) is 0 Å². The predicted octanol–water partition coefficient (Wildman–Crippen LogP) is 1.02. The lowest BCUT2D eigenvalue weighted by Crippen LogP contribution is -1.66. The molecule has 0 aromatic carbocycles. The second-order valence-electron chi connectivity index (χ2n) is 0.894. The van der Waals surface area contributed by atoms with Gasteiger partial charge in [0.25, 0.3) is 0 Å². The van der Waals surface area contributed by atoms with Crippen LogP contribution in [0.1, 0.15) is 0 Å². The molecule has 8 heavy (non-hydrogen) atoms. The molecule has 44 valence electrons. The highest BCUT2D eigenvalue weighted by Gasteiger charge is 1.59. The minimum Gasteiger partial charge on any atom is -0.262 e. The van der Waals surface area contributed by atoms with Crippen molar-refractivity contribution in [3.63, 3.8) is 0 Å². The van der Waals surface area contributed by atoms with Gasteiger partial charge >= 0.3 is 0 Å². The van der Waals surface area contributed by atoms with Gasteiger partial charge in [-0.25, -0.2) is 0 Å². The molecule has 1 aromatic rings. The minimum atomic E-state index is 1.64. The third kappa shape index (κ3) is 3.61. The fourth-order valence-corrected chi connectivity index (χ4v) is 0.253. The molecule has 1 heterocycles. The van der Waals surface area contributed by atoms with Gasteiger partial charge in [-0.2, -0.15) is 12.6 Å². The standard InChI is InChI=1S/C4H4N2.CH4S/c1-2-6-4-3-5-1;1-2/h1-4H;2H,1H3. The van der Waals surface area contributed by atoms with Gasteiger partial charge < -0.3 is 0 Å². The van der Waals surface area contributed by atoms with E-state index in [2.05, 4.69) is 22.6 Å². The summed E-state index contributed by atoms with van der Waals surface area (Å²) in [5, 5.41) is 0. The lowest BCUT2D eigenvalue weighted by Gasteiger charge is -1.70. The van der Waals surface area contributed by atoms with Crippen LogP contribution < -0.4 is 0 Å². The lowest BCUT2D eigenvalue weighted by atomic mass is 10.8. The van der Waals surface area contributed by atoms with Gasteiger partial charge in [0, 0.05) is 24.8 Å². The van der Waals surface area contributed by atoms with Gasteiger partial charge in [-0.15, -0.1) is 0 Å². The lowest BCUT2D eigenvalue weighted by molar-refractivity contribution is 1.20. The average Bonchev–Trinajstić information content (AvgIpc) is 1.96. The molecule has 2 nitrogen and oxygen atoms in total. The van der Waals surface area contributed by atoms with Gasteiger partial charge in [0.1, 0.15) is 0 Å². The maximum absolute atomic E-state index is 3.72. The van der Waals surface area contributed by atoms with E-state index in [0.717, 1.165) is 0 Å². The number of thiol groups is 1. The topological polar surface area (TPSA) is 25.8 Å². The zero-order valence-corrected chi connectivity index (χ0v) is 5.55. The molecule has 3 heteroatoms. The van der Waals surface area contributed by atoms with Crippen molar-refractivity contribution in [1.29, 1.82) is 0 Å². The largest absolute Gasteiger partial charge is 0.262 e. The van der Waals surface area contributed by atoms with Crippen molar-refractivity contribution in [2.75, 3.05) is 6.26 Å². The van der Waals surface area contributed by atoms with Gasteiger partial charge in [0.05, 0.1) is 0 Å². The van der Waals surface area contributed by atoms with Crippen LogP contribution in [0.15, 0.2) is 24.8 Å². The van der Waals surface area contributed by atoms with Crippen molar-refractivity contribution in [2.45, 2.75) is 0 Å². The number of hydrogen-bond acceptors (Lipinski definition) is 3. The summed E-state index contributed by atoms with van der Waals surface area (Å²) < 4.78 is 0. The van der Waals surface area contributed by atoms with Crippen molar-refractivity contribution >= 4 is 12.6 Å². The molecule has 1 aromatic heterocycles. The van der Waals surface area contributed by atoms with Crippen LogP contribution in [-0.2, 0) is 0 Å². The normalized spacial score (nSPS) is 6.75. The Hall–Kier alpha value is -0.570. The Morgan fingerprint density at radius 2 is 1.12 bits per heavy atom. The van der Waals surface area contributed by atoms with Crippen molar-refractivity contribution in [2.24, 2.45) is 0 Å². The van der Waals surface area contributed by atoms with Crippen molar-refractivity contribution < 1.29 is 0 Å². The molecule has 0 radical (unpaired) electrons. The Morgan fingerprint density at radius 1 is 0.875 bits per heavy atom. The smallest absolute Gasteiger partial charge is 0.0451 e. The molecule has 0 unspecified atom stereocenters. The molecule has 0 aliphatic carbocycles. The zero-order chi connectivity index (χ0) is 6.24. The number of aromatic nitrogens is 2. The van der Waals surface area contributed by atoms with E-state index in [-0.39, 0.29) is 0 Å². The fourth-order valence-electron chi connectivity index (χ4n) is 0.253. The van der Waals surface area contributed by atoms with Crippen LogP contribution in [0.2, 0.25) is 0 Å². The molecular weight excluding hydrogens is 120 g/mol. The van der Waals surface area contributed by atoms with E-state index < -0.39 is 0 Å². The Labute approximate surface area is 54.4 Å². The quantitative estimate of drug-likeness (QED) is 0.528. The first kappa shape index (κ1) is 7.43. The van der Waals surface area contributed by atoms with Crippen molar-refractivity contribution in [3.8, 4) is 0 Å². The van der Waals surface area contributed by atoms with Crippen molar-refractivity contribution in [3.05, 3.63) is 24.8 Å². The third-order valence-electron chi connectivity index (χ3n) is 0.478. The fraction of sp³-hybridized carbons (Fsp3) is 0.200. The predicted molar refractivity (Wildman–Crippen MR) is 36.9 cm³/mol. The van der Waals surface area contributed by atoms with Gasteiger partial charge in [0.2, 0.25) is 0 Å². The molecule has 1 rings (SSSR count). The maximum Gasteiger partial charge on any atom is 0.0451 e. The van der Waals surface area contributed by atoms with E-state index >= 15 is 0 Å². The first-order valence-corrected chi connectivity index (χ1v) is 3.04. The summed E-state index contributed by atoms with van der Waals surface area (Å²) in [5.41, 5.74) is 0. The Bertz CT molecular complexity index is 82.4. The summed E-state index contributed by atoms with van der Waals surface area (Å²) in [7, 11) is 0. The molecular formula is C5H8N2S. The summed E-state index contributed by atoms with van der Waals surface area (Å²) in [6.45, 7) is 0. The van der Waals surface area contributed by atoms with Gasteiger partial charge in [-0.3, -0.25) is 9.97 Å². The molecule has 0 saturated carbocycles. The summed E-state index contributed by atoms with van der Waals surface area (Å²) in [4.78, 5) is 7.44. The molecule has 0 aliphatic heterocycles. The summed E-state index contributed by atoms with van der Waals surface area (Å²) >= 11 is 3.53. The first-order chi connectivity index (χ1) is 4.00. The van der Waals surface area contributed by atoms with Crippen LogP contribution in [0, 0.1) is 0 Å². The molecule has 0 bridgehead atoms. The van der Waals surface area contributed by atoms with Gasteiger partial charge in [-0.05, 0) is 6.26 Å². The molecule has 0 saturated heterocycles. The van der Waals surface area contributed by atoms with E-state index in [1.54, 1.807) is 31.0 Å². The third-order valence-corrected chi connectivity index (χ3v) is 0.478. The van der Waals surface area contributed by atoms with Crippen LogP contribution in [0.5, 0.6) is 0 Å². The Kier molecular flexibility index (Phi) is 5.97. The molecule has 0 aliphatic rings. The second kappa shape index (κ2) is 6.43. The van der Waals surface area contributed by atoms with E-state index in [1.165, 1.54) is 0 Å². The van der Waals surface area contributed by atoms with Crippen LogP contribution in [0.4, 0.5) is 0 Å². The SMILES string of the molecule is CS.c1cnccn1. The highest BCUT2D eigenvalue weighted by molar-refractivity contribution is 7.79. The van der Waals surface area contributed by atoms with Crippen LogP contribution >= 0.6 is 12.6 Å². The highest BCUT2D eigenvalue weighted by Crippen LogP contribution is 1.65. The molecule has 0 atom stereocenters. The first-order valence-electron chi connectivity index (χ1n) is 2.15. The Morgan fingerprint density at radius 3 is 1.25 bits per heavy atom. The molecule has 0 fully saturated rings. The summed E-state index contributed by atoms with van der Waals surface area (Å²) in [6, 6.07) is 0. The minimum absolute atomic E-state index is 1.64. The molecule has 0 amide bonds. The summed E-state index contributed by atoms with van der Waals surface area (Å²) in [6.07, 6.45) is 8.25. The van der Waals surface area contributed by atoms with Gasteiger partial charge in [0.15, 0.2) is 0 Å². The summed E-state index contributed by atoms with van der Waals surface area (Å²) in [5.74, 6) is 0. The zero-order valence-electron chi connectivity index (χ0n) is 4.65. The number of nitrogens with zero attached hydrogens (tertiary/aromatic N) is 2. The van der Waals surface area contributed by atoms with Crippen LogP contribution in [-0.4, -0.2) is 16.2 Å². The van der Waals surface area contributed by atoms with E-state index in [1.807, 2.05) is 0 Å².